The first-order valence-electron chi connectivity index (χ1n) is 8.31. The molecule has 1 atom stereocenters. The fourth-order valence-electron chi connectivity index (χ4n) is 4.01. The molecule has 4 rings (SSSR count). The molecule has 0 N–H and O–H groups in total. The Hall–Kier alpha value is -2.40. The van der Waals surface area contributed by atoms with Crippen LogP contribution in [-0.4, -0.2) is 24.6 Å². The molecule has 1 saturated heterocycles. The minimum Gasteiger partial charge on any atom is -0.367 e. The normalized spacial score (nSPS) is 22.6. The van der Waals surface area contributed by atoms with Crippen molar-refractivity contribution in [3.05, 3.63) is 69.3 Å². The monoisotopic (exact) mass is 324 g/mol. The van der Waals surface area contributed by atoms with Gasteiger partial charge in [0.05, 0.1) is 18.1 Å². The van der Waals surface area contributed by atoms with Gasteiger partial charge < -0.3 is 9.64 Å². The van der Waals surface area contributed by atoms with E-state index in [0.717, 1.165) is 18.4 Å². The molecule has 1 aliphatic carbocycles. The Morgan fingerprint density at radius 1 is 1.25 bits per heavy atom. The molecular formula is C19H20N2O3. The number of anilines is 1. The fourth-order valence-corrected chi connectivity index (χ4v) is 4.01. The number of nitrogens with zero attached hydrogens (tertiary/aromatic N) is 2. The van der Waals surface area contributed by atoms with Crippen molar-refractivity contribution in [1.29, 1.82) is 0 Å². The summed E-state index contributed by atoms with van der Waals surface area (Å²) in [6, 6.07) is 13.8. The van der Waals surface area contributed by atoms with Crippen LogP contribution in [0.25, 0.3) is 0 Å². The number of benzene rings is 2. The number of nitro benzene ring substituents is 1. The number of rotatable bonds is 2. The second kappa shape index (κ2) is 5.60. The number of ether oxygens (including phenoxy) is 1. The average Bonchev–Trinajstić information content (AvgIpc) is 2.93. The van der Waals surface area contributed by atoms with Gasteiger partial charge in [-0.25, -0.2) is 0 Å². The van der Waals surface area contributed by atoms with Gasteiger partial charge in [-0.3, -0.25) is 10.1 Å². The predicted octanol–water partition coefficient (Wildman–Crippen LogP) is 3.58. The molecule has 0 radical (unpaired) electrons. The molecule has 1 fully saturated rings. The van der Waals surface area contributed by atoms with Gasteiger partial charge in [-0.2, -0.15) is 0 Å². The molecule has 0 amide bonds. The van der Waals surface area contributed by atoms with Crippen molar-refractivity contribution in [2.45, 2.75) is 25.4 Å². The maximum absolute atomic E-state index is 11.5. The molecule has 2 aromatic carbocycles. The summed E-state index contributed by atoms with van der Waals surface area (Å²) in [5, 5.41) is 11.5. The SMILES string of the molecule is Cc1ccc(N2CCOC3(CCc4ccccc43)C2)c([N+](=O)[O-])c1. The second-order valence-corrected chi connectivity index (χ2v) is 6.67. The van der Waals surface area contributed by atoms with Gasteiger partial charge in [0, 0.05) is 12.6 Å². The van der Waals surface area contributed by atoms with Crippen molar-refractivity contribution >= 4 is 11.4 Å². The zero-order chi connectivity index (χ0) is 16.7. The first-order chi connectivity index (χ1) is 11.6. The highest BCUT2D eigenvalue weighted by atomic mass is 16.6. The van der Waals surface area contributed by atoms with Gasteiger partial charge in [-0.05, 0) is 42.5 Å². The smallest absolute Gasteiger partial charge is 0.292 e. The molecule has 1 heterocycles. The van der Waals surface area contributed by atoms with Crippen molar-refractivity contribution in [1.82, 2.24) is 0 Å². The second-order valence-electron chi connectivity index (χ2n) is 6.67. The van der Waals surface area contributed by atoms with Gasteiger partial charge in [0.1, 0.15) is 11.3 Å². The summed E-state index contributed by atoms with van der Waals surface area (Å²) >= 11 is 0. The number of hydrogen-bond donors (Lipinski definition) is 0. The van der Waals surface area contributed by atoms with Crippen LogP contribution in [0.5, 0.6) is 0 Å². The Bertz CT molecular complexity index is 801. The van der Waals surface area contributed by atoms with Crippen LogP contribution in [0.3, 0.4) is 0 Å². The maximum atomic E-state index is 11.5. The van der Waals surface area contributed by atoms with E-state index in [1.54, 1.807) is 6.07 Å². The van der Waals surface area contributed by atoms with E-state index in [-0.39, 0.29) is 16.2 Å². The summed E-state index contributed by atoms with van der Waals surface area (Å²) in [5.74, 6) is 0. The van der Waals surface area contributed by atoms with E-state index >= 15 is 0 Å². The highest BCUT2D eigenvalue weighted by Crippen LogP contribution is 2.44. The van der Waals surface area contributed by atoms with Gasteiger partial charge in [0.25, 0.3) is 5.69 Å². The van der Waals surface area contributed by atoms with Gasteiger partial charge in [0.2, 0.25) is 0 Å². The number of nitro groups is 1. The topological polar surface area (TPSA) is 55.6 Å². The third kappa shape index (κ3) is 2.36. The summed E-state index contributed by atoms with van der Waals surface area (Å²) in [5.41, 5.74) is 4.01. The number of fused-ring (bicyclic) bond motifs is 2. The molecule has 1 spiro atoms. The van der Waals surface area contributed by atoms with Crippen LogP contribution in [0.4, 0.5) is 11.4 Å². The fraction of sp³-hybridized carbons (Fsp3) is 0.368. The van der Waals surface area contributed by atoms with Crippen molar-refractivity contribution in [3.8, 4) is 0 Å². The van der Waals surface area contributed by atoms with E-state index < -0.39 is 0 Å². The summed E-state index contributed by atoms with van der Waals surface area (Å²) in [7, 11) is 0. The number of aryl methyl sites for hydroxylation is 2. The van der Waals surface area contributed by atoms with Crippen molar-refractivity contribution in [2.75, 3.05) is 24.6 Å². The molecular weight excluding hydrogens is 304 g/mol. The zero-order valence-electron chi connectivity index (χ0n) is 13.7. The quantitative estimate of drug-likeness (QED) is 0.626. The molecule has 0 bridgehead atoms. The van der Waals surface area contributed by atoms with Crippen molar-refractivity contribution in [2.24, 2.45) is 0 Å². The summed E-state index contributed by atoms with van der Waals surface area (Å²) in [6.45, 7) is 3.80. The van der Waals surface area contributed by atoms with E-state index in [1.165, 1.54) is 11.1 Å². The average molecular weight is 324 g/mol. The third-order valence-electron chi connectivity index (χ3n) is 5.16. The van der Waals surface area contributed by atoms with Gasteiger partial charge in [-0.1, -0.05) is 30.3 Å². The van der Waals surface area contributed by atoms with Crippen LogP contribution in [-0.2, 0) is 16.8 Å². The molecule has 1 unspecified atom stereocenters. The maximum Gasteiger partial charge on any atom is 0.292 e. The Labute approximate surface area is 141 Å². The first-order valence-corrected chi connectivity index (χ1v) is 8.31. The molecule has 1 aliphatic heterocycles. The van der Waals surface area contributed by atoms with E-state index in [4.69, 9.17) is 4.74 Å². The molecule has 0 aromatic heterocycles. The highest BCUT2D eigenvalue weighted by molar-refractivity contribution is 5.65. The number of morpholine rings is 1. The molecule has 0 saturated carbocycles. The predicted molar refractivity (Wildman–Crippen MR) is 92.4 cm³/mol. The lowest BCUT2D eigenvalue weighted by molar-refractivity contribution is -0.384. The van der Waals surface area contributed by atoms with Crippen LogP contribution < -0.4 is 4.90 Å². The van der Waals surface area contributed by atoms with E-state index in [0.29, 0.717) is 25.4 Å². The third-order valence-corrected chi connectivity index (χ3v) is 5.16. The summed E-state index contributed by atoms with van der Waals surface area (Å²) in [4.78, 5) is 13.3. The van der Waals surface area contributed by atoms with E-state index in [1.807, 2.05) is 25.1 Å². The lowest BCUT2D eigenvalue weighted by Crippen LogP contribution is -2.49. The van der Waals surface area contributed by atoms with E-state index in [2.05, 4.69) is 23.1 Å². The van der Waals surface area contributed by atoms with Crippen LogP contribution in [0.15, 0.2) is 42.5 Å². The van der Waals surface area contributed by atoms with Crippen LogP contribution in [0.2, 0.25) is 0 Å². The summed E-state index contributed by atoms with van der Waals surface area (Å²) < 4.78 is 6.22. The lowest BCUT2D eigenvalue weighted by Gasteiger charge is -2.42. The molecule has 24 heavy (non-hydrogen) atoms. The molecule has 2 aromatic rings. The van der Waals surface area contributed by atoms with Crippen molar-refractivity contribution < 1.29 is 9.66 Å². The molecule has 5 nitrogen and oxygen atoms in total. The molecule has 124 valence electrons. The Kier molecular flexibility index (Phi) is 3.53. The largest absolute Gasteiger partial charge is 0.367 e. The lowest BCUT2D eigenvalue weighted by atomic mass is 9.93. The van der Waals surface area contributed by atoms with Gasteiger partial charge >= 0.3 is 0 Å². The van der Waals surface area contributed by atoms with Crippen LogP contribution in [0, 0.1) is 17.0 Å². The Morgan fingerprint density at radius 2 is 2.08 bits per heavy atom. The standard InChI is InChI=1S/C19H20N2O3/c1-14-6-7-17(18(12-14)21(22)23)20-10-11-24-19(13-20)9-8-15-4-2-3-5-16(15)19/h2-7,12H,8-11,13H2,1H3. The molecule has 2 aliphatic rings. The Balaban J connectivity index is 1.71. The minimum atomic E-state index is -0.340. The van der Waals surface area contributed by atoms with Gasteiger partial charge in [-0.15, -0.1) is 0 Å². The number of hydrogen-bond acceptors (Lipinski definition) is 4. The van der Waals surface area contributed by atoms with E-state index in [9.17, 15) is 10.1 Å². The molecule has 5 heteroatoms. The van der Waals surface area contributed by atoms with Crippen molar-refractivity contribution in [3.63, 3.8) is 0 Å². The first kappa shape index (κ1) is 15.1. The minimum absolute atomic E-state index is 0.179. The van der Waals surface area contributed by atoms with Crippen LogP contribution >= 0.6 is 0 Å². The van der Waals surface area contributed by atoms with Gasteiger partial charge in [0.15, 0.2) is 0 Å². The highest BCUT2D eigenvalue weighted by Gasteiger charge is 2.44. The van der Waals surface area contributed by atoms with Crippen LogP contribution in [0.1, 0.15) is 23.1 Å². The zero-order valence-corrected chi connectivity index (χ0v) is 13.7. The Morgan fingerprint density at radius 3 is 2.92 bits per heavy atom. The summed E-state index contributed by atoms with van der Waals surface area (Å²) in [6.07, 6.45) is 1.93.